The minimum atomic E-state index is -3.15. The van der Waals surface area contributed by atoms with Gasteiger partial charge in [-0.15, -0.1) is 0 Å². The summed E-state index contributed by atoms with van der Waals surface area (Å²) in [5, 5.41) is 174. The van der Waals surface area contributed by atoms with E-state index in [-0.39, 0.29) is 18.2 Å². The quantitative estimate of drug-likeness (QED) is 0.0640. The van der Waals surface area contributed by atoms with E-state index in [1.807, 2.05) is 0 Å². The average molecular weight is 951 g/mol. The van der Waals surface area contributed by atoms with Gasteiger partial charge >= 0.3 is 35.8 Å². The summed E-state index contributed by atoms with van der Waals surface area (Å²) in [4.78, 5) is 85.4. The van der Waals surface area contributed by atoms with E-state index in [2.05, 4.69) is 0 Å². The van der Waals surface area contributed by atoms with Crippen LogP contribution in [0.4, 0.5) is 0 Å². The van der Waals surface area contributed by atoms with E-state index in [1.165, 1.54) is 0 Å². The van der Waals surface area contributed by atoms with Crippen LogP contribution in [0.2, 0.25) is 0 Å². The Morgan fingerprint density at radius 1 is 0.368 bits per heavy atom. The predicted molar refractivity (Wildman–Crippen MR) is 209 cm³/mol. The molecule has 3 aliphatic heterocycles. The minimum absolute atomic E-state index is 0.254. The van der Waals surface area contributed by atoms with E-state index >= 15 is 0 Å². The van der Waals surface area contributed by atoms with Crippen LogP contribution >= 0.6 is 0 Å². The van der Waals surface area contributed by atoms with Crippen molar-refractivity contribution in [3.05, 3.63) is 52.1 Å². The van der Waals surface area contributed by atoms with Gasteiger partial charge in [0.15, 0.2) is 75.8 Å². The summed E-state index contributed by atoms with van der Waals surface area (Å²) in [5.74, 6) is -35.6. The van der Waals surface area contributed by atoms with Crippen molar-refractivity contribution >= 4 is 35.8 Å². The number of cyclic esters (lactones) is 2. The highest BCUT2D eigenvalue weighted by molar-refractivity contribution is 6.16. The maximum Gasteiger partial charge on any atom is 0.349 e. The molecule has 27 heteroatoms. The van der Waals surface area contributed by atoms with Gasteiger partial charge in [-0.05, 0) is 24.3 Å². The van der Waals surface area contributed by atoms with Crippen LogP contribution in [0.5, 0.6) is 86.2 Å². The van der Waals surface area contributed by atoms with Gasteiger partial charge < -0.3 is 105 Å². The summed E-state index contributed by atoms with van der Waals surface area (Å²) in [7, 11) is 0. The molecule has 0 saturated carbocycles. The maximum atomic E-state index is 15.0. The molecule has 5 aromatic rings. The van der Waals surface area contributed by atoms with Crippen molar-refractivity contribution in [1.29, 1.82) is 0 Å². The molecule has 0 spiro atoms. The van der Waals surface area contributed by atoms with E-state index in [4.69, 9.17) is 23.7 Å². The van der Waals surface area contributed by atoms with Crippen LogP contribution in [0, 0.1) is 0 Å². The van der Waals surface area contributed by atoms with E-state index < -0.39 is 214 Å². The fourth-order valence-corrected chi connectivity index (χ4v) is 7.73. The van der Waals surface area contributed by atoms with E-state index in [1.54, 1.807) is 0 Å². The molecule has 27 nitrogen and oxygen atoms in total. The Morgan fingerprint density at radius 2 is 0.691 bits per heavy atom. The van der Waals surface area contributed by atoms with Gasteiger partial charge in [0.1, 0.15) is 6.61 Å². The number of benzene rings is 5. The van der Waals surface area contributed by atoms with E-state index in [0.29, 0.717) is 6.07 Å². The third kappa shape index (κ3) is 6.35. The van der Waals surface area contributed by atoms with Crippen LogP contribution in [0.3, 0.4) is 0 Å². The topological polar surface area (TPSA) is 472 Å². The van der Waals surface area contributed by atoms with Gasteiger partial charge in [0, 0.05) is 33.4 Å². The third-order valence-electron chi connectivity index (χ3n) is 10.9. The van der Waals surface area contributed by atoms with Crippen molar-refractivity contribution in [3.8, 4) is 120 Å². The molecule has 0 unspecified atom stereocenters. The number of carbonyl (C=O) groups is 6. The zero-order valence-electron chi connectivity index (χ0n) is 33.0. The molecule has 8 rings (SSSR count). The Kier molecular flexibility index (Phi) is 10.0. The Bertz CT molecular complexity index is 3190. The van der Waals surface area contributed by atoms with Crippen molar-refractivity contribution in [2.45, 2.75) is 24.4 Å². The number of phenolic OH excluding ortho intramolecular Hbond substituents is 15. The van der Waals surface area contributed by atoms with Crippen molar-refractivity contribution in [1.82, 2.24) is 0 Å². The summed E-state index contributed by atoms with van der Waals surface area (Å²) in [5.41, 5.74) is -14.7. The number of hydrogen-bond acceptors (Lipinski definition) is 26. The van der Waals surface area contributed by atoms with Gasteiger partial charge in [-0.2, -0.15) is 0 Å². The zero-order valence-corrected chi connectivity index (χ0v) is 33.0. The lowest BCUT2D eigenvalue weighted by Gasteiger charge is -2.35. The number of rotatable bonds is 1. The van der Waals surface area contributed by atoms with Gasteiger partial charge in [0.05, 0.1) is 27.8 Å². The highest BCUT2D eigenvalue weighted by atomic mass is 16.6. The van der Waals surface area contributed by atoms with E-state index in [9.17, 15) is 110 Å². The number of aromatic hydroxyl groups is 15. The lowest BCUT2D eigenvalue weighted by Crippen LogP contribution is -2.55. The second-order valence-corrected chi connectivity index (χ2v) is 14.7. The Labute approximate surface area is 372 Å². The van der Waals surface area contributed by atoms with Crippen LogP contribution in [0.15, 0.2) is 24.3 Å². The van der Waals surface area contributed by atoms with Gasteiger partial charge in [-0.3, -0.25) is 0 Å². The van der Waals surface area contributed by atoms with Gasteiger partial charge in [0.2, 0.25) is 34.9 Å². The molecule has 4 atom stereocenters. The number of carboxylic acids is 1. The second-order valence-electron chi connectivity index (χ2n) is 14.7. The number of fused-ring (bicyclic) bond motifs is 11. The SMILES string of the molecule is O=C1OC[C@H]2OC(=O)c3cc(O)c(O)c(O)c3-c3c(O)c(O)c(O)c4c3C(=O)O[C@@H]([C@@H]2OC(=O)c2cc(O)c(O)c(O)c2-c2c1cc(O)c(O)c2O)[C@H](C(=O)O)OC(=O)c1cc(O)c(O)c(O)c1-4. The van der Waals surface area contributed by atoms with Crippen molar-refractivity contribution in [2.75, 3.05) is 6.61 Å². The summed E-state index contributed by atoms with van der Waals surface area (Å²) in [6, 6.07) is 1.18. The molecule has 68 heavy (non-hydrogen) atoms. The van der Waals surface area contributed by atoms with Crippen LogP contribution in [-0.4, -0.2) is 149 Å². The number of carboxylic acid groups (broad SMARTS) is 1. The lowest BCUT2D eigenvalue weighted by atomic mass is 9.84. The molecule has 352 valence electrons. The number of phenols is 15. The minimum Gasteiger partial charge on any atom is -0.504 e. The van der Waals surface area contributed by atoms with Crippen LogP contribution in [-0.2, 0) is 28.5 Å². The number of esters is 5. The first-order chi connectivity index (χ1) is 31.9. The fraction of sp³-hybridized carbons (Fsp3) is 0.122. The van der Waals surface area contributed by atoms with Gasteiger partial charge in [0.25, 0.3) is 0 Å². The molecule has 0 aromatic heterocycles. The summed E-state index contributed by atoms with van der Waals surface area (Å²) >= 11 is 0. The number of ether oxygens (including phenoxy) is 5. The summed E-state index contributed by atoms with van der Waals surface area (Å²) < 4.78 is 27.0. The van der Waals surface area contributed by atoms with Crippen molar-refractivity contribution < 1.29 is 134 Å². The molecule has 5 aromatic carbocycles. The first-order valence-electron chi connectivity index (χ1n) is 18.6. The maximum absolute atomic E-state index is 15.0. The smallest absolute Gasteiger partial charge is 0.349 e. The molecule has 2 bridgehead atoms. The molecule has 16 N–H and O–H groups in total. The third-order valence-corrected chi connectivity index (χ3v) is 10.9. The predicted octanol–water partition coefficient (Wildman–Crippen LogP) is 1.36. The first-order valence-corrected chi connectivity index (χ1v) is 18.6. The number of hydrogen-bond donors (Lipinski definition) is 16. The molecule has 0 aliphatic carbocycles. The largest absolute Gasteiger partial charge is 0.504 e. The number of aliphatic carboxylic acids is 1. The Hall–Kier alpha value is -10.1. The molecular formula is C41H26O27. The molecule has 3 aliphatic rings. The Balaban J connectivity index is 1.53. The van der Waals surface area contributed by atoms with E-state index in [0.717, 1.165) is 0 Å². The molecule has 0 fully saturated rings. The average Bonchev–Trinajstić information content (AvgIpc) is 3.31. The van der Waals surface area contributed by atoms with Gasteiger partial charge in [-0.1, -0.05) is 0 Å². The number of carbonyl (C=O) groups excluding carboxylic acids is 5. The molecular weight excluding hydrogens is 924 g/mol. The van der Waals surface area contributed by atoms with Crippen molar-refractivity contribution in [2.24, 2.45) is 0 Å². The highest BCUT2D eigenvalue weighted by Crippen LogP contribution is 2.60. The summed E-state index contributed by atoms with van der Waals surface area (Å²) in [6.45, 7) is -1.60. The molecule has 0 saturated heterocycles. The van der Waals surface area contributed by atoms with Crippen LogP contribution < -0.4 is 0 Å². The van der Waals surface area contributed by atoms with Crippen molar-refractivity contribution in [3.63, 3.8) is 0 Å². The van der Waals surface area contributed by atoms with Crippen LogP contribution in [0.25, 0.3) is 33.4 Å². The standard InChI is InChI=1S/C41H26O27/c42-10-1-6-15(26(50)22(10)46)16-7(2-11(43)23(47)27(16)51)39(61)66-33-14(5-64-37(6)59)65-38(60)8-3-12(44)24(48)28(52)17(8)19-21-20(31(55)32(56)30(19)54)18-9(4-13(45)25(49)29(18)53)40(62)68-35(36(57)58)34(33)67-41(21)63/h1-4,14,33-35,42-56H,5H2,(H,57,58)/t14-,33-,34+,35-/m1/s1. The molecule has 3 heterocycles. The normalized spacial score (nSPS) is 18.8. The zero-order chi connectivity index (χ0) is 49.9. The second kappa shape index (κ2) is 15.3. The van der Waals surface area contributed by atoms with Gasteiger partial charge in [-0.25, -0.2) is 28.8 Å². The Morgan fingerprint density at radius 3 is 1.09 bits per heavy atom. The summed E-state index contributed by atoms with van der Waals surface area (Å²) in [6.07, 6.45) is -11.9. The molecule has 0 radical (unpaired) electrons. The lowest BCUT2D eigenvalue weighted by molar-refractivity contribution is -0.167. The monoisotopic (exact) mass is 950 g/mol. The first kappa shape index (κ1) is 44.5. The van der Waals surface area contributed by atoms with Crippen LogP contribution in [0.1, 0.15) is 51.8 Å². The highest BCUT2D eigenvalue weighted by Gasteiger charge is 2.52. The molecule has 0 amide bonds. The fourth-order valence-electron chi connectivity index (χ4n) is 7.73.